The molecule has 4 rings (SSSR count). The molecule has 0 aromatic heterocycles. The van der Waals surface area contributed by atoms with Gasteiger partial charge in [-0.05, 0) is 49.2 Å². The second-order valence-corrected chi connectivity index (χ2v) is 9.66. The molecule has 2 aromatic rings. The smallest absolute Gasteiger partial charge is 0.261 e. The number of para-hydroxylation sites is 1. The van der Waals surface area contributed by atoms with Gasteiger partial charge < -0.3 is 4.90 Å². The number of carbonyl (C=O) groups is 3. The van der Waals surface area contributed by atoms with Gasteiger partial charge in [-0.1, -0.05) is 25.0 Å². The second kappa shape index (κ2) is 9.12. The van der Waals surface area contributed by atoms with Crippen LogP contribution in [-0.2, 0) is 19.6 Å². The topological polar surface area (TPSA) is 104 Å². The summed E-state index contributed by atoms with van der Waals surface area (Å²) in [6.45, 7) is 1.32. The van der Waals surface area contributed by atoms with Gasteiger partial charge in [-0.15, -0.1) is 0 Å². The van der Waals surface area contributed by atoms with Gasteiger partial charge >= 0.3 is 0 Å². The first-order chi connectivity index (χ1) is 15.4. The number of hydrogen-bond acceptors (Lipinski definition) is 5. The molecule has 3 amide bonds. The van der Waals surface area contributed by atoms with E-state index in [0.717, 1.165) is 30.6 Å². The van der Waals surface area contributed by atoms with E-state index in [2.05, 4.69) is 4.72 Å². The molecule has 2 aliphatic rings. The number of hydrogen-bond donors (Lipinski definition) is 1. The molecular formula is C23H25N3O5S. The number of nitrogens with zero attached hydrogens (tertiary/aromatic N) is 2. The van der Waals surface area contributed by atoms with Gasteiger partial charge in [0.2, 0.25) is 11.8 Å². The predicted octanol–water partition coefficient (Wildman–Crippen LogP) is 3.16. The zero-order valence-electron chi connectivity index (χ0n) is 17.6. The molecule has 2 fully saturated rings. The second-order valence-electron chi connectivity index (χ2n) is 7.97. The van der Waals surface area contributed by atoms with Gasteiger partial charge in [0, 0.05) is 25.9 Å². The molecule has 0 spiro atoms. The zero-order chi connectivity index (χ0) is 22.7. The van der Waals surface area contributed by atoms with Crippen molar-refractivity contribution >= 4 is 39.1 Å². The van der Waals surface area contributed by atoms with E-state index >= 15 is 0 Å². The van der Waals surface area contributed by atoms with Crippen LogP contribution in [0.25, 0.3) is 0 Å². The summed E-state index contributed by atoms with van der Waals surface area (Å²) < 4.78 is 28.5. The molecule has 0 unspecified atom stereocenters. The Kier molecular flexibility index (Phi) is 6.27. The van der Waals surface area contributed by atoms with Crippen LogP contribution in [0.5, 0.6) is 0 Å². The quantitative estimate of drug-likeness (QED) is 0.698. The van der Waals surface area contributed by atoms with Crippen LogP contribution < -0.4 is 9.62 Å². The number of nitrogens with one attached hydrogen (secondary N) is 1. The Balaban J connectivity index is 1.55. The maximum atomic E-state index is 13.1. The molecule has 0 aliphatic carbocycles. The van der Waals surface area contributed by atoms with Crippen LogP contribution in [0.1, 0.15) is 48.9 Å². The van der Waals surface area contributed by atoms with Crippen molar-refractivity contribution in [1.29, 1.82) is 0 Å². The van der Waals surface area contributed by atoms with E-state index in [1.54, 1.807) is 29.2 Å². The summed E-state index contributed by atoms with van der Waals surface area (Å²) in [6.07, 6.45) is 4.36. The average Bonchev–Trinajstić information content (AvgIpc) is 2.97. The first-order valence-electron chi connectivity index (χ1n) is 10.7. The lowest BCUT2D eigenvalue weighted by molar-refractivity contribution is -0.121. The van der Waals surface area contributed by atoms with Crippen LogP contribution in [0.4, 0.5) is 11.4 Å². The molecule has 0 radical (unpaired) electrons. The van der Waals surface area contributed by atoms with E-state index in [1.165, 1.54) is 24.3 Å². The summed E-state index contributed by atoms with van der Waals surface area (Å²) in [7, 11) is -3.98. The number of anilines is 2. The Morgan fingerprint density at radius 3 is 2.03 bits per heavy atom. The van der Waals surface area contributed by atoms with E-state index in [1.807, 2.05) is 0 Å². The van der Waals surface area contributed by atoms with Crippen molar-refractivity contribution in [1.82, 2.24) is 4.90 Å². The fourth-order valence-corrected chi connectivity index (χ4v) is 5.13. The third-order valence-corrected chi connectivity index (χ3v) is 7.13. The molecule has 2 heterocycles. The summed E-state index contributed by atoms with van der Waals surface area (Å²) in [5.74, 6) is -0.791. The van der Waals surface area contributed by atoms with Crippen LogP contribution in [0.2, 0.25) is 0 Å². The van der Waals surface area contributed by atoms with Crippen LogP contribution in [-0.4, -0.2) is 44.1 Å². The van der Waals surface area contributed by atoms with Gasteiger partial charge in [-0.3, -0.25) is 24.0 Å². The third kappa shape index (κ3) is 4.52. The molecule has 1 N–H and O–H groups in total. The predicted molar refractivity (Wildman–Crippen MR) is 120 cm³/mol. The van der Waals surface area contributed by atoms with Crippen molar-refractivity contribution in [2.75, 3.05) is 22.7 Å². The Morgan fingerprint density at radius 2 is 1.41 bits per heavy atom. The van der Waals surface area contributed by atoms with E-state index in [-0.39, 0.29) is 41.1 Å². The van der Waals surface area contributed by atoms with Crippen molar-refractivity contribution in [2.24, 2.45) is 0 Å². The van der Waals surface area contributed by atoms with Gasteiger partial charge in [0.25, 0.3) is 15.9 Å². The van der Waals surface area contributed by atoms with E-state index in [4.69, 9.17) is 0 Å². The highest BCUT2D eigenvalue weighted by Crippen LogP contribution is 2.26. The Morgan fingerprint density at radius 1 is 0.812 bits per heavy atom. The zero-order valence-corrected chi connectivity index (χ0v) is 18.4. The Labute approximate surface area is 187 Å². The van der Waals surface area contributed by atoms with Gasteiger partial charge in [-0.2, -0.15) is 0 Å². The van der Waals surface area contributed by atoms with Crippen molar-refractivity contribution in [3.63, 3.8) is 0 Å². The van der Waals surface area contributed by atoms with Crippen molar-refractivity contribution < 1.29 is 22.8 Å². The van der Waals surface area contributed by atoms with Crippen molar-refractivity contribution in [3.8, 4) is 0 Å². The number of imide groups is 1. The Hall–Kier alpha value is -3.20. The van der Waals surface area contributed by atoms with Crippen molar-refractivity contribution in [2.45, 2.75) is 43.4 Å². The molecular weight excluding hydrogens is 430 g/mol. The van der Waals surface area contributed by atoms with E-state index < -0.39 is 10.0 Å². The Bertz CT molecular complexity index is 1120. The minimum Gasteiger partial charge on any atom is -0.339 e. The van der Waals surface area contributed by atoms with Gasteiger partial charge in [0.1, 0.15) is 0 Å². The molecule has 0 atom stereocenters. The maximum absolute atomic E-state index is 13.1. The minimum atomic E-state index is -3.98. The lowest BCUT2D eigenvalue weighted by Crippen LogP contribution is -2.32. The summed E-state index contributed by atoms with van der Waals surface area (Å²) in [5.41, 5.74) is 0.867. The van der Waals surface area contributed by atoms with E-state index in [9.17, 15) is 22.8 Å². The lowest BCUT2D eigenvalue weighted by Gasteiger charge is -2.22. The molecule has 0 bridgehead atoms. The molecule has 2 saturated heterocycles. The van der Waals surface area contributed by atoms with Crippen LogP contribution in [0, 0.1) is 0 Å². The number of amides is 3. The molecule has 2 aliphatic heterocycles. The SMILES string of the molecule is O=C(c1ccccc1NS(=O)(=O)c1ccc(N2C(=O)CCC2=O)cc1)N1CCCCCC1. The molecule has 32 heavy (non-hydrogen) atoms. The minimum absolute atomic E-state index is 0.0302. The molecule has 8 nitrogen and oxygen atoms in total. The highest BCUT2D eigenvalue weighted by atomic mass is 32.2. The van der Waals surface area contributed by atoms with Crippen LogP contribution in [0.15, 0.2) is 53.4 Å². The summed E-state index contributed by atoms with van der Waals surface area (Å²) in [4.78, 5) is 39.7. The van der Waals surface area contributed by atoms with Crippen LogP contribution in [0.3, 0.4) is 0 Å². The summed E-state index contributed by atoms with van der Waals surface area (Å²) in [6, 6.07) is 12.1. The first kappa shape index (κ1) is 22.0. The highest BCUT2D eigenvalue weighted by Gasteiger charge is 2.30. The van der Waals surface area contributed by atoms with Crippen LogP contribution >= 0.6 is 0 Å². The standard InChI is InChI=1S/C23H25N3O5S/c27-21-13-14-22(28)26(21)17-9-11-18(12-10-17)32(30,31)24-20-8-4-3-7-19(20)23(29)25-15-5-1-2-6-16-25/h3-4,7-12,24H,1-2,5-6,13-16H2. The van der Waals surface area contributed by atoms with Gasteiger partial charge in [0.05, 0.1) is 21.8 Å². The number of likely N-dealkylation sites (tertiary alicyclic amines) is 1. The first-order valence-corrected chi connectivity index (χ1v) is 12.2. The maximum Gasteiger partial charge on any atom is 0.261 e. The number of benzene rings is 2. The fraction of sp³-hybridized carbons (Fsp3) is 0.348. The molecule has 168 valence electrons. The highest BCUT2D eigenvalue weighted by molar-refractivity contribution is 7.92. The number of carbonyl (C=O) groups excluding carboxylic acids is 3. The third-order valence-electron chi connectivity index (χ3n) is 5.75. The van der Waals surface area contributed by atoms with Gasteiger partial charge in [-0.25, -0.2) is 8.42 Å². The number of sulfonamides is 1. The largest absolute Gasteiger partial charge is 0.339 e. The van der Waals surface area contributed by atoms with Gasteiger partial charge in [0.15, 0.2) is 0 Å². The summed E-state index contributed by atoms with van der Waals surface area (Å²) in [5, 5.41) is 0. The fourth-order valence-electron chi connectivity index (χ4n) is 4.05. The van der Waals surface area contributed by atoms with Crippen molar-refractivity contribution in [3.05, 3.63) is 54.1 Å². The normalized spacial score (nSPS) is 17.4. The monoisotopic (exact) mass is 455 g/mol. The summed E-state index contributed by atoms with van der Waals surface area (Å²) >= 11 is 0. The number of rotatable bonds is 5. The molecule has 9 heteroatoms. The lowest BCUT2D eigenvalue weighted by atomic mass is 10.1. The van der Waals surface area contributed by atoms with E-state index in [0.29, 0.717) is 24.3 Å². The molecule has 2 aromatic carbocycles. The average molecular weight is 456 g/mol. The molecule has 0 saturated carbocycles.